The van der Waals surface area contributed by atoms with Gasteiger partial charge in [-0.15, -0.1) is 0 Å². The van der Waals surface area contributed by atoms with Gasteiger partial charge in [0.1, 0.15) is 12.3 Å². The van der Waals surface area contributed by atoms with Gasteiger partial charge in [0.05, 0.1) is 12.8 Å². The second kappa shape index (κ2) is 7.33. The highest BCUT2D eigenvalue weighted by atomic mass is 35.5. The van der Waals surface area contributed by atoms with E-state index in [2.05, 4.69) is 5.32 Å². The highest BCUT2D eigenvalue weighted by molar-refractivity contribution is 6.45. The van der Waals surface area contributed by atoms with E-state index in [0.717, 1.165) is 17.7 Å². The van der Waals surface area contributed by atoms with E-state index in [9.17, 15) is 19.2 Å². The van der Waals surface area contributed by atoms with Crippen molar-refractivity contribution in [1.82, 2.24) is 9.80 Å². The summed E-state index contributed by atoms with van der Waals surface area (Å²) >= 11 is 5.91. The number of nitrogens with one attached hydrogen (secondary N) is 1. The lowest BCUT2D eigenvalue weighted by molar-refractivity contribution is -0.144. The topological polar surface area (TPSA) is 96.0 Å². The number of rotatable bonds is 5. The van der Waals surface area contributed by atoms with Crippen molar-refractivity contribution in [3.05, 3.63) is 23.2 Å². The number of hydrogen-bond acceptors (Lipinski definition) is 5. The first-order valence-corrected chi connectivity index (χ1v) is 8.62. The van der Waals surface area contributed by atoms with Crippen molar-refractivity contribution >= 4 is 41.0 Å². The summed E-state index contributed by atoms with van der Waals surface area (Å²) in [5.74, 6) is -2.09. The van der Waals surface area contributed by atoms with Gasteiger partial charge in [-0.1, -0.05) is 24.4 Å². The number of ether oxygens (including phenoxy) is 1. The number of carbonyl (C=O) groups is 4. The summed E-state index contributed by atoms with van der Waals surface area (Å²) < 4.78 is 5.13. The minimum atomic E-state index is -0.977. The summed E-state index contributed by atoms with van der Waals surface area (Å²) in [6, 6.07) is 3.67. The quantitative estimate of drug-likeness (QED) is 0.623. The lowest BCUT2D eigenvalue weighted by Gasteiger charge is -2.21. The lowest BCUT2D eigenvalue weighted by Crippen LogP contribution is -2.41. The molecule has 1 saturated carbocycles. The van der Waals surface area contributed by atoms with Crippen molar-refractivity contribution in [2.24, 2.45) is 0 Å². The van der Waals surface area contributed by atoms with E-state index in [4.69, 9.17) is 16.3 Å². The maximum absolute atomic E-state index is 12.5. The fourth-order valence-corrected chi connectivity index (χ4v) is 3.43. The molecule has 0 spiro atoms. The first-order chi connectivity index (χ1) is 12.4. The number of amides is 5. The number of benzene rings is 1. The second-order valence-electron chi connectivity index (χ2n) is 6.18. The molecule has 8 nitrogen and oxygen atoms in total. The molecule has 0 bridgehead atoms. The molecule has 2 aliphatic rings. The normalized spacial score (nSPS) is 18.0. The van der Waals surface area contributed by atoms with Gasteiger partial charge in [-0.25, -0.2) is 9.69 Å². The molecular formula is C17H18ClN3O5. The zero-order valence-corrected chi connectivity index (χ0v) is 14.9. The van der Waals surface area contributed by atoms with Crippen LogP contribution in [0.2, 0.25) is 5.02 Å². The van der Waals surface area contributed by atoms with Crippen LogP contribution in [0.15, 0.2) is 18.2 Å². The minimum Gasteiger partial charge on any atom is -0.495 e. The molecule has 0 radical (unpaired) electrons. The number of nitrogens with zero attached hydrogens (tertiary/aromatic N) is 2. The number of imide groups is 2. The van der Waals surface area contributed by atoms with Crippen LogP contribution in [0.1, 0.15) is 25.7 Å². The molecule has 1 aliphatic heterocycles. The molecule has 3 rings (SSSR count). The number of urea groups is 1. The van der Waals surface area contributed by atoms with Crippen molar-refractivity contribution in [1.29, 1.82) is 0 Å². The van der Waals surface area contributed by atoms with E-state index in [0.29, 0.717) is 34.2 Å². The average Bonchev–Trinajstić information content (AvgIpc) is 3.19. The number of halogens is 1. The number of methoxy groups -OCH3 is 1. The van der Waals surface area contributed by atoms with Crippen molar-refractivity contribution in [3.63, 3.8) is 0 Å². The second-order valence-corrected chi connectivity index (χ2v) is 6.62. The number of carbonyl (C=O) groups excluding carboxylic acids is 4. The molecule has 1 heterocycles. The maximum Gasteiger partial charge on any atom is 0.334 e. The van der Waals surface area contributed by atoms with Gasteiger partial charge in [0.2, 0.25) is 5.91 Å². The third-order valence-electron chi connectivity index (χ3n) is 4.51. The van der Waals surface area contributed by atoms with Gasteiger partial charge in [0.25, 0.3) is 0 Å². The van der Waals surface area contributed by atoms with E-state index in [1.165, 1.54) is 13.2 Å². The van der Waals surface area contributed by atoms with Gasteiger partial charge in [0.15, 0.2) is 0 Å². The highest BCUT2D eigenvalue weighted by Gasteiger charge is 2.48. The summed E-state index contributed by atoms with van der Waals surface area (Å²) in [6.45, 7) is -0.553. The van der Waals surface area contributed by atoms with E-state index < -0.39 is 30.3 Å². The molecule has 5 amide bonds. The smallest absolute Gasteiger partial charge is 0.334 e. The monoisotopic (exact) mass is 379 g/mol. The number of anilines is 1. The van der Waals surface area contributed by atoms with E-state index >= 15 is 0 Å². The summed E-state index contributed by atoms with van der Waals surface area (Å²) in [7, 11) is 1.44. The van der Waals surface area contributed by atoms with Crippen LogP contribution in [0.5, 0.6) is 5.75 Å². The first-order valence-electron chi connectivity index (χ1n) is 8.24. The molecule has 1 saturated heterocycles. The molecule has 1 aliphatic carbocycles. The molecule has 9 heteroatoms. The largest absolute Gasteiger partial charge is 0.495 e. The highest BCUT2D eigenvalue weighted by Crippen LogP contribution is 2.29. The molecule has 1 aromatic carbocycles. The van der Waals surface area contributed by atoms with Crippen LogP contribution in [0, 0.1) is 0 Å². The minimum absolute atomic E-state index is 0.264. The van der Waals surface area contributed by atoms with Crippen LogP contribution >= 0.6 is 11.6 Å². The summed E-state index contributed by atoms with van der Waals surface area (Å²) in [5, 5.41) is 2.93. The van der Waals surface area contributed by atoms with Crippen molar-refractivity contribution < 1.29 is 23.9 Å². The van der Waals surface area contributed by atoms with Crippen molar-refractivity contribution in [2.45, 2.75) is 31.7 Å². The molecule has 1 N–H and O–H groups in total. The number of hydrogen-bond donors (Lipinski definition) is 1. The molecule has 2 fully saturated rings. The van der Waals surface area contributed by atoms with Gasteiger partial charge in [-0.2, -0.15) is 0 Å². The van der Waals surface area contributed by atoms with Crippen LogP contribution in [-0.2, 0) is 14.4 Å². The lowest BCUT2D eigenvalue weighted by atomic mass is 10.2. The van der Waals surface area contributed by atoms with E-state index in [1.807, 2.05) is 0 Å². The molecule has 138 valence electrons. The Hall–Kier alpha value is -2.61. The summed E-state index contributed by atoms with van der Waals surface area (Å²) in [4.78, 5) is 50.7. The van der Waals surface area contributed by atoms with Crippen LogP contribution in [0.3, 0.4) is 0 Å². The zero-order chi connectivity index (χ0) is 18.8. The fraction of sp³-hybridized carbons (Fsp3) is 0.412. The van der Waals surface area contributed by atoms with Crippen LogP contribution in [-0.4, -0.2) is 53.2 Å². The predicted molar refractivity (Wildman–Crippen MR) is 92.8 cm³/mol. The van der Waals surface area contributed by atoms with Crippen molar-refractivity contribution in [3.8, 4) is 5.75 Å². The van der Waals surface area contributed by atoms with Crippen LogP contribution < -0.4 is 10.1 Å². The van der Waals surface area contributed by atoms with Gasteiger partial charge in [-0.05, 0) is 31.0 Å². The predicted octanol–water partition coefficient (Wildman–Crippen LogP) is 2.02. The summed E-state index contributed by atoms with van der Waals surface area (Å²) in [6.07, 6.45) is 3.19. The Morgan fingerprint density at radius 2 is 1.92 bits per heavy atom. The molecule has 0 atom stereocenters. The maximum atomic E-state index is 12.5. The summed E-state index contributed by atoms with van der Waals surface area (Å²) in [5.41, 5.74) is 0.308. The van der Waals surface area contributed by atoms with Gasteiger partial charge < -0.3 is 10.1 Å². The van der Waals surface area contributed by atoms with Gasteiger partial charge >= 0.3 is 17.8 Å². The molecule has 26 heavy (non-hydrogen) atoms. The van der Waals surface area contributed by atoms with Crippen LogP contribution in [0.25, 0.3) is 0 Å². The molecule has 0 unspecified atom stereocenters. The fourth-order valence-electron chi connectivity index (χ4n) is 3.26. The Kier molecular flexibility index (Phi) is 5.13. The van der Waals surface area contributed by atoms with Crippen molar-refractivity contribution in [2.75, 3.05) is 19.0 Å². The SMILES string of the molecule is COc1ccc(Cl)cc1NC(=O)CN1C(=O)C(=O)N(C2CCCC2)C1=O. The zero-order valence-electron chi connectivity index (χ0n) is 14.2. The standard InChI is InChI=1S/C17H18ClN3O5/c1-26-13-7-6-10(18)8-12(13)19-14(22)9-20-15(23)16(24)21(17(20)25)11-4-2-3-5-11/h6-8,11H,2-5,9H2,1H3,(H,19,22). The first kappa shape index (κ1) is 18.2. The van der Waals surface area contributed by atoms with Crippen LogP contribution in [0.4, 0.5) is 10.5 Å². The Balaban J connectivity index is 1.71. The Bertz CT molecular complexity index is 776. The van der Waals surface area contributed by atoms with Gasteiger partial charge in [0, 0.05) is 11.1 Å². The van der Waals surface area contributed by atoms with Gasteiger partial charge in [-0.3, -0.25) is 19.3 Å². The van der Waals surface area contributed by atoms with E-state index in [-0.39, 0.29) is 6.04 Å². The molecule has 0 aromatic heterocycles. The Morgan fingerprint density at radius 1 is 1.23 bits per heavy atom. The Labute approximate surface area is 155 Å². The molecule has 1 aromatic rings. The molecular weight excluding hydrogens is 362 g/mol. The Morgan fingerprint density at radius 3 is 2.58 bits per heavy atom. The average molecular weight is 380 g/mol. The third kappa shape index (κ3) is 3.37. The third-order valence-corrected chi connectivity index (χ3v) is 4.75. The van der Waals surface area contributed by atoms with E-state index in [1.54, 1.807) is 12.1 Å².